The Hall–Kier alpha value is -2.50. The van der Waals surface area contributed by atoms with Crippen LogP contribution in [0.25, 0.3) is 11.0 Å². The molecule has 1 amide bonds. The van der Waals surface area contributed by atoms with Gasteiger partial charge in [-0.15, -0.1) is 0 Å². The Bertz CT molecular complexity index is 625. The molecule has 1 aromatic carbocycles. The average molecular weight is 259 g/mol. The molecule has 0 saturated heterocycles. The van der Waals surface area contributed by atoms with Crippen LogP contribution in [0.5, 0.6) is 0 Å². The second kappa shape index (κ2) is 5.43. The average Bonchev–Trinajstić information content (AvgIpc) is 2.43. The molecular formula is C13H13N3O3. The van der Waals surface area contributed by atoms with Gasteiger partial charge in [0.25, 0.3) is 5.91 Å². The molecule has 0 spiro atoms. The summed E-state index contributed by atoms with van der Waals surface area (Å²) in [5, 5.41) is 0. The third kappa shape index (κ3) is 3.04. The van der Waals surface area contributed by atoms with E-state index in [0.29, 0.717) is 16.6 Å². The Morgan fingerprint density at radius 3 is 2.53 bits per heavy atom. The van der Waals surface area contributed by atoms with Gasteiger partial charge in [-0.2, -0.15) is 0 Å². The molecule has 0 radical (unpaired) electrons. The molecule has 0 N–H and O–H groups in total. The summed E-state index contributed by atoms with van der Waals surface area (Å²) < 4.78 is 4.92. The lowest BCUT2D eigenvalue weighted by atomic mass is 10.2. The van der Waals surface area contributed by atoms with Crippen LogP contribution in [-0.2, 0) is 9.53 Å². The normalized spacial score (nSPS) is 10.2. The predicted molar refractivity (Wildman–Crippen MR) is 68.5 cm³/mol. The molecule has 0 saturated carbocycles. The van der Waals surface area contributed by atoms with E-state index in [1.54, 1.807) is 44.7 Å². The second-order valence-corrected chi connectivity index (χ2v) is 4.12. The summed E-state index contributed by atoms with van der Waals surface area (Å²) in [6, 6.07) is 4.87. The minimum absolute atomic E-state index is 0.270. The van der Waals surface area contributed by atoms with Crippen LogP contribution in [0.2, 0.25) is 0 Å². The van der Waals surface area contributed by atoms with E-state index in [1.807, 2.05) is 0 Å². The number of nitrogens with zero attached hydrogens (tertiary/aromatic N) is 3. The number of fused-ring (bicyclic) bond motifs is 1. The van der Waals surface area contributed by atoms with Crippen molar-refractivity contribution in [2.24, 2.45) is 0 Å². The van der Waals surface area contributed by atoms with Crippen molar-refractivity contribution in [1.82, 2.24) is 14.9 Å². The summed E-state index contributed by atoms with van der Waals surface area (Å²) in [6.45, 7) is -0.273. The predicted octanol–water partition coefficient (Wildman–Crippen LogP) is 0.875. The molecule has 0 aliphatic rings. The summed E-state index contributed by atoms with van der Waals surface area (Å²) in [5.74, 6) is -0.823. The largest absolute Gasteiger partial charge is 0.452 e. The molecular weight excluding hydrogens is 246 g/mol. The first-order valence-electron chi connectivity index (χ1n) is 5.66. The molecule has 6 heteroatoms. The van der Waals surface area contributed by atoms with E-state index < -0.39 is 5.97 Å². The smallest absolute Gasteiger partial charge is 0.338 e. The van der Waals surface area contributed by atoms with Crippen LogP contribution in [0.1, 0.15) is 10.4 Å². The fourth-order valence-corrected chi connectivity index (χ4v) is 1.43. The topological polar surface area (TPSA) is 72.4 Å². The number of likely N-dealkylation sites (N-methyl/N-ethyl adjacent to an activating group) is 1. The van der Waals surface area contributed by atoms with E-state index in [9.17, 15) is 9.59 Å². The Balaban J connectivity index is 2.11. The summed E-state index contributed by atoms with van der Waals surface area (Å²) in [6.07, 6.45) is 3.13. The van der Waals surface area contributed by atoms with Gasteiger partial charge in [-0.1, -0.05) is 0 Å². The Labute approximate surface area is 110 Å². The molecule has 2 aromatic rings. The van der Waals surface area contributed by atoms with E-state index >= 15 is 0 Å². The quantitative estimate of drug-likeness (QED) is 0.765. The van der Waals surface area contributed by atoms with Gasteiger partial charge in [0.05, 0.1) is 16.6 Å². The maximum absolute atomic E-state index is 11.8. The fraction of sp³-hybridized carbons (Fsp3) is 0.231. The maximum Gasteiger partial charge on any atom is 0.338 e. The van der Waals surface area contributed by atoms with Gasteiger partial charge in [-0.05, 0) is 18.2 Å². The molecule has 0 atom stereocenters. The number of ether oxygens (including phenoxy) is 1. The van der Waals surface area contributed by atoms with Gasteiger partial charge in [0, 0.05) is 26.5 Å². The van der Waals surface area contributed by atoms with Gasteiger partial charge in [0.15, 0.2) is 6.61 Å². The summed E-state index contributed by atoms with van der Waals surface area (Å²) in [4.78, 5) is 32.7. The van der Waals surface area contributed by atoms with Crippen molar-refractivity contribution in [3.63, 3.8) is 0 Å². The number of benzene rings is 1. The zero-order valence-electron chi connectivity index (χ0n) is 10.7. The van der Waals surface area contributed by atoms with E-state index in [4.69, 9.17) is 4.74 Å². The van der Waals surface area contributed by atoms with Crippen molar-refractivity contribution >= 4 is 22.9 Å². The molecule has 1 heterocycles. The highest BCUT2D eigenvalue weighted by Crippen LogP contribution is 2.11. The lowest BCUT2D eigenvalue weighted by Gasteiger charge is -2.10. The van der Waals surface area contributed by atoms with Crippen LogP contribution >= 0.6 is 0 Å². The lowest BCUT2D eigenvalue weighted by molar-refractivity contribution is -0.131. The van der Waals surface area contributed by atoms with Crippen LogP contribution < -0.4 is 0 Å². The number of rotatable bonds is 3. The minimum atomic E-state index is -0.553. The summed E-state index contributed by atoms with van der Waals surface area (Å²) >= 11 is 0. The van der Waals surface area contributed by atoms with Gasteiger partial charge in [0.2, 0.25) is 0 Å². The number of carbonyl (C=O) groups is 2. The second-order valence-electron chi connectivity index (χ2n) is 4.12. The molecule has 19 heavy (non-hydrogen) atoms. The highest BCUT2D eigenvalue weighted by atomic mass is 16.5. The Morgan fingerprint density at radius 1 is 1.16 bits per heavy atom. The number of carbonyl (C=O) groups excluding carboxylic acids is 2. The maximum atomic E-state index is 11.8. The lowest BCUT2D eigenvalue weighted by Crippen LogP contribution is -2.27. The zero-order valence-corrected chi connectivity index (χ0v) is 10.7. The van der Waals surface area contributed by atoms with E-state index in [1.165, 1.54) is 4.90 Å². The molecule has 98 valence electrons. The first-order chi connectivity index (χ1) is 9.08. The number of hydrogen-bond acceptors (Lipinski definition) is 5. The first-order valence-corrected chi connectivity index (χ1v) is 5.66. The zero-order chi connectivity index (χ0) is 13.8. The van der Waals surface area contributed by atoms with Crippen molar-refractivity contribution in [2.75, 3.05) is 20.7 Å². The number of aromatic nitrogens is 2. The molecule has 2 rings (SSSR count). The van der Waals surface area contributed by atoms with Gasteiger partial charge < -0.3 is 9.64 Å². The highest BCUT2D eigenvalue weighted by molar-refractivity contribution is 5.94. The SMILES string of the molecule is CN(C)C(=O)COC(=O)c1ccc2nccnc2c1. The van der Waals surface area contributed by atoms with Crippen LogP contribution in [0.15, 0.2) is 30.6 Å². The Morgan fingerprint density at radius 2 is 1.84 bits per heavy atom. The standard InChI is InChI=1S/C13H13N3O3/c1-16(2)12(17)8-19-13(18)9-3-4-10-11(7-9)15-6-5-14-10/h3-7H,8H2,1-2H3. The van der Waals surface area contributed by atoms with E-state index in [2.05, 4.69) is 9.97 Å². The highest BCUT2D eigenvalue weighted by Gasteiger charge is 2.12. The van der Waals surface area contributed by atoms with Crippen LogP contribution in [0.4, 0.5) is 0 Å². The molecule has 0 unspecified atom stereocenters. The molecule has 6 nitrogen and oxygen atoms in total. The van der Waals surface area contributed by atoms with Gasteiger partial charge in [0.1, 0.15) is 0 Å². The van der Waals surface area contributed by atoms with Crippen molar-refractivity contribution in [2.45, 2.75) is 0 Å². The Kier molecular flexibility index (Phi) is 3.70. The van der Waals surface area contributed by atoms with Gasteiger partial charge in [-0.25, -0.2) is 4.79 Å². The van der Waals surface area contributed by atoms with Gasteiger partial charge in [-0.3, -0.25) is 14.8 Å². The molecule has 0 fully saturated rings. The summed E-state index contributed by atoms with van der Waals surface area (Å²) in [7, 11) is 3.20. The van der Waals surface area contributed by atoms with Gasteiger partial charge >= 0.3 is 5.97 Å². The molecule has 0 aliphatic carbocycles. The number of hydrogen-bond donors (Lipinski definition) is 0. The van der Waals surface area contributed by atoms with E-state index in [-0.39, 0.29) is 12.5 Å². The third-order valence-electron chi connectivity index (χ3n) is 2.53. The molecule has 1 aromatic heterocycles. The fourth-order valence-electron chi connectivity index (χ4n) is 1.43. The molecule has 0 aliphatic heterocycles. The van der Waals surface area contributed by atoms with Crippen molar-refractivity contribution in [3.8, 4) is 0 Å². The first kappa shape index (κ1) is 12.9. The van der Waals surface area contributed by atoms with E-state index in [0.717, 1.165) is 0 Å². The summed E-state index contributed by atoms with van der Waals surface area (Å²) in [5.41, 5.74) is 1.65. The molecule has 0 bridgehead atoms. The van der Waals surface area contributed by atoms with Crippen LogP contribution in [0, 0.1) is 0 Å². The van der Waals surface area contributed by atoms with Crippen LogP contribution in [0.3, 0.4) is 0 Å². The number of esters is 1. The van der Waals surface area contributed by atoms with Crippen molar-refractivity contribution in [3.05, 3.63) is 36.2 Å². The van der Waals surface area contributed by atoms with Crippen molar-refractivity contribution < 1.29 is 14.3 Å². The van der Waals surface area contributed by atoms with Crippen molar-refractivity contribution in [1.29, 1.82) is 0 Å². The monoisotopic (exact) mass is 259 g/mol. The third-order valence-corrected chi connectivity index (χ3v) is 2.53. The minimum Gasteiger partial charge on any atom is -0.452 e. The number of amides is 1. The van der Waals surface area contributed by atoms with Crippen LogP contribution in [-0.4, -0.2) is 47.4 Å².